The van der Waals surface area contributed by atoms with Crippen molar-refractivity contribution in [1.82, 2.24) is 20.2 Å². The molecule has 0 aliphatic heterocycles. The zero-order chi connectivity index (χ0) is 22.3. The summed E-state index contributed by atoms with van der Waals surface area (Å²) >= 11 is 7.25. The van der Waals surface area contributed by atoms with Gasteiger partial charge in [-0.3, -0.25) is 9.36 Å². The average molecular weight is 466 g/mol. The Labute approximate surface area is 193 Å². The van der Waals surface area contributed by atoms with Crippen LogP contribution in [0.1, 0.15) is 5.56 Å². The number of nitrogens with zero attached hydrogens (tertiary/aromatic N) is 4. The number of thioether (sulfide) groups is 1. The molecule has 0 saturated heterocycles. The van der Waals surface area contributed by atoms with Crippen LogP contribution in [-0.2, 0) is 4.79 Å². The van der Waals surface area contributed by atoms with Crippen LogP contribution >= 0.6 is 23.4 Å². The number of hydrogen-bond acceptors (Lipinski definition) is 5. The molecule has 6 nitrogen and oxygen atoms in total. The van der Waals surface area contributed by atoms with Crippen molar-refractivity contribution < 1.29 is 9.18 Å². The van der Waals surface area contributed by atoms with E-state index in [-0.39, 0.29) is 17.5 Å². The number of carbonyl (C=O) groups excluding carboxylic acids is 1. The van der Waals surface area contributed by atoms with Gasteiger partial charge >= 0.3 is 0 Å². The maximum atomic E-state index is 13.2. The van der Waals surface area contributed by atoms with Crippen LogP contribution in [-0.4, -0.2) is 32.6 Å². The highest BCUT2D eigenvalue weighted by atomic mass is 35.5. The van der Waals surface area contributed by atoms with Gasteiger partial charge in [-0.2, -0.15) is 5.10 Å². The molecular formula is C23H17ClFN5OS. The number of amides is 1. The molecule has 0 spiro atoms. The molecule has 0 aliphatic carbocycles. The van der Waals surface area contributed by atoms with Crippen LogP contribution in [0.15, 0.2) is 89.1 Å². The Hall–Kier alpha value is -3.49. The van der Waals surface area contributed by atoms with Gasteiger partial charge in [-0.05, 0) is 54.1 Å². The number of hydrazone groups is 1. The summed E-state index contributed by atoms with van der Waals surface area (Å²) < 4.78 is 15.1. The van der Waals surface area contributed by atoms with Gasteiger partial charge < -0.3 is 0 Å². The minimum Gasteiger partial charge on any atom is -0.272 e. The highest BCUT2D eigenvalue weighted by Gasteiger charge is 2.17. The molecule has 0 aliphatic rings. The Morgan fingerprint density at radius 2 is 1.84 bits per heavy atom. The lowest BCUT2D eigenvalue weighted by Crippen LogP contribution is -2.20. The van der Waals surface area contributed by atoms with E-state index in [1.165, 1.54) is 30.1 Å². The molecule has 1 heterocycles. The number of nitrogens with one attached hydrogen (secondary N) is 1. The molecule has 0 radical (unpaired) electrons. The molecule has 1 aromatic heterocycles. The maximum absolute atomic E-state index is 13.2. The van der Waals surface area contributed by atoms with Gasteiger partial charge in [0.25, 0.3) is 5.91 Å². The van der Waals surface area contributed by atoms with Gasteiger partial charge in [0.1, 0.15) is 5.82 Å². The lowest BCUT2D eigenvalue weighted by molar-refractivity contribution is -0.118. The average Bonchev–Trinajstić information content (AvgIpc) is 3.23. The zero-order valence-electron chi connectivity index (χ0n) is 16.7. The van der Waals surface area contributed by atoms with Crippen molar-refractivity contribution in [2.45, 2.75) is 5.16 Å². The van der Waals surface area contributed by atoms with Crippen LogP contribution in [0.4, 0.5) is 4.39 Å². The smallest absolute Gasteiger partial charge is 0.250 e. The summed E-state index contributed by atoms with van der Waals surface area (Å²) in [6.45, 7) is 0. The van der Waals surface area contributed by atoms with Crippen LogP contribution in [0, 0.1) is 5.82 Å². The van der Waals surface area contributed by atoms with Crippen molar-refractivity contribution in [3.05, 3.63) is 95.3 Å². The lowest BCUT2D eigenvalue weighted by Gasteiger charge is -2.10. The van der Waals surface area contributed by atoms with Gasteiger partial charge in [-0.15, -0.1) is 10.2 Å². The quantitative estimate of drug-likeness (QED) is 0.237. The van der Waals surface area contributed by atoms with Crippen LogP contribution in [0.25, 0.3) is 17.1 Å². The fraction of sp³-hybridized carbons (Fsp3) is 0.0435. The van der Waals surface area contributed by atoms with E-state index >= 15 is 0 Å². The van der Waals surface area contributed by atoms with E-state index in [1.54, 1.807) is 24.3 Å². The van der Waals surface area contributed by atoms with Crippen molar-refractivity contribution in [3.63, 3.8) is 0 Å². The topological polar surface area (TPSA) is 72.2 Å². The van der Waals surface area contributed by atoms with Gasteiger partial charge in [-0.25, -0.2) is 9.82 Å². The van der Waals surface area contributed by atoms with Crippen LogP contribution < -0.4 is 5.43 Å². The van der Waals surface area contributed by atoms with Crippen LogP contribution in [0.2, 0.25) is 5.02 Å². The largest absolute Gasteiger partial charge is 0.272 e. The normalized spacial score (nSPS) is 11.1. The Morgan fingerprint density at radius 3 is 2.59 bits per heavy atom. The second kappa shape index (κ2) is 10.2. The van der Waals surface area contributed by atoms with Crippen molar-refractivity contribution >= 4 is 35.5 Å². The third-order valence-electron chi connectivity index (χ3n) is 4.33. The predicted octanol–water partition coefficient (Wildman–Crippen LogP) is 4.97. The molecule has 0 atom stereocenters. The van der Waals surface area contributed by atoms with E-state index in [9.17, 15) is 9.18 Å². The molecule has 0 saturated carbocycles. The zero-order valence-corrected chi connectivity index (χ0v) is 18.2. The summed E-state index contributed by atoms with van der Waals surface area (Å²) in [4.78, 5) is 12.2. The first-order chi connectivity index (χ1) is 15.6. The van der Waals surface area contributed by atoms with Crippen molar-refractivity contribution in [3.8, 4) is 17.1 Å². The molecule has 0 unspecified atom stereocenters. The Bertz CT molecular complexity index is 1240. The second-order valence-electron chi connectivity index (χ2n) is 6.62. The van der Waals surface area contributed by atoms with E-state index in [1.807, 2.05) is 47.0 Å². The summed E-state index contributed by atoms with van der Waals surface area (Å²) in [6, 6.07) is 22.9. The molecule has 32 heavy (non-hydrogen) atoms. The van der Waals surface area contributed by atoms with E-state index in [0.717, 1.165) is 11.3 Å². The van der Waals surface area contributed by atoms with Gasteiger partial charge in [0.15, 0.2) is 11.0 Å². The molecule has 0 fully saturated rings. The van der Waals surface area contributed by atoms with Gasteiger partial charge in [0, 0.05) is 16.3 Å². The number of aromatic nitrogens is 3. The first-order valence-corrected chi connectivity index (χ1v) is 10.9. The first-order valence-electron chi connectivity index (χ1n) is 9.57. The predicted molar refractivity (Wildman–Crippen MR) is 125 cm³/mol. The maximum Gasteiger partial charge on any atom is 0.250 e. The molecule has 0 bridgehead atoms. The highest BCUT2D eigenvalue weighted by molar-refractivity contribution is 7.99. The Morgan fingerprint density at radius 1 is 1.06 bits per heavy atom. The molecule has 4 aromatic rings. The van der Waals surface area contributed by atoms with E-state index in [4.69, 9.17) is 11.6 Å². The first kappa shape index (κ1) is 21.7. The summed E-state index contributed by atoms with van der Waals surface area (Å²) in [5, 5.41) is 13.7. The van der Waals surface area contributed by atoms with Gasteiger partial charge in [0.05, 0.1) is 12.0 Å². The summed E-state index contributed by atoms with van der Waals surface area (Å²) in [6.07, 6.45) is 1.39. The van der Waals surface area contributed by atoms with E-state index in [0.29, 0.717) is 21.6 Å². The molecule has 9 heteroatoms. The molecule has 160 valence electrons. The fourth-order valence-electron chi connectivity index (χ4n) is 2.89. The van der Waals surface area contributed by atoms with Crippen molar-refractivity contribution in [1.29, 1.82) is 0 Å². The fourth-order valence-corrected chi connectivity index (χ4v) is 3.76. The summed E-state index contributed by atoms with van der Waals surface area (Å²) in [7, 11) is 0. The monoisotopic (exact) mass is 465 g/mol. The number of benzene rings is 3. The van der Waals surface area contributed by atoms with Crippen LogP contribution in [0.3, 0.4) is 0 Å². The second-order valence-corrected chi connectivity index (χ2v) is 8.00. The minimum atomic E-state index is -0.368. The SMILES string of the molecule is O=C(CSc1nnc(-c2ccc(Cl)cc2)n1-c1ccccc1)N/N=C/c1cccc(F)c1. The lowest BCUT2D eigenvalue weighted by atomic mass is 10.2. The third-order valence-corrected chi connectivity index (χ3v) is 5.52. The number of halogens is 2. The van der Waals surface area contributed by atoms with Crippen LogP contribution in [0.5, 0.6) is 0 Å². The highest BCUT2D eigenvalue weighted by Crippen LogP contribution is 2.28. The van der Waals surface area contributed by atoms with Gasteiger partial charge in [-0.1, -0.05) is 53.7 Å². The molecule has 3 aromatic carbocycles. The summed E-state index contributed by atoms with van der Waals surface area (Å²) in [5.41, 5.74) is 4.71. The number of hydrogen-bond donors (Lipinski definition) is 1. The molecule has 1 N–H and O–H groups in total. The number of para-hydroxylation sites is 1. The summed E-state index contributed by atoms with van der Waals surface area (Å²) in [5.74, 6) is 0.0253. The van der Waals surface area contributed by atoms with Crippen molar-refractivity contribution in [2.24, 2.45) is 5.10 Å². The Kier molecular flexibility index (Phi) is 6.94. The number of rotatable bonds is 7. The molecular weight excluding hydrogens is 449 g/mol. The number of carbonyl (C=O) groups is 1. The standard InChI is InChI=1S/C23H17ClFN5OS/c24-18-11-9-17(10-12-18)22-28-29-23(30(22)20-7-2-1-3-8-20)32-15-21(31)27-26-14-16-5-4-6-19(25)13-16/h1-14H,15H2,(H,27,31)/b26-14+. The molecule has 1 amide bonds. The van der Waals surface area contributed by atoms with Gasteiger partial charge in [0.2, 0.25) is 0 Å². The van der Waals surface area contributed by atoms with Crippen molar-refractivity contribution in [2.75, 3.05) is 5.75 Å². The Balaban J connectivity index is 1.49. The molecule has 4 rings (SSSR count). The van der Waals surface area contributed by atoms with E-state index < -0.39 is 0 Å². The van der Waals surface area contributed by atoms with E-state index in [2.05, 4.69) is 20.7 Å². The third kappa shape index (κ3) is 5.40. The minimum absolute atomic E-state index is 0.0755.